The molecule has 0 radical (unpaired) electrons. The third-order valence-corrected chi connectivity index (χ3v) is 2.66. The molecule has 0 atom stereocenters. The summed E-state index contributed by atoms with van der Waals surface area (Å²) in [6.45, 7) is 1.60. The maximum Gasteiger partial charge on any atom is 0.379 e. The number of carbonyl (C=O) groups excluding carboxylic acids is 2. The molecule has 0 heterocycles. The first-order valence-corrected chi connectivity index (χ1v) is 5.70. The van der Waals surface area contributed by atoms with Crippen LogP contribution in [0.25, 0.3) is 0 Å². The zero-order chi connectivity index (χ0) is 14.6. The second-order valence-electron chi connectivity index (χ2n) is 3.37. The minimum atomic E-state index is -1.09. The Labute approximate surface area is 114 Å². The molecule has 0 bridgehead atoms. The van der Waals surface area contributed by atoms with Crippen molar-refractivity contribution in [3.05, 3.63) is 16.7 Å². The molecular formula is C12H13ClO6. The average Bonchev–Trinajstić information content (AvgIpc) is 2.40. The van der Waals surface area contributed by atoms with Gasteiger partial charge in [0, 0.05) is 6.07 Å². The Morgan fingerprint density at radius 2 is 1.95 bits per heavy atom. The van der Waals surface area contributed by atoms with Crippen molar-refractivity contribution < 1.29 is 28.9 Å². The number of halogens is 1. The maximum atomic E-state index is 11.9. The number of carbonyl (C=O) groups is 2. The Hall–Kier alpha value is -1.95. The molecule has 1 rings (SSSR count). The van der Waals surface area contributed by atoms with Crippen LogP contribution in [0.2, 0.25) is 5.02 Å². The summed E-state index contributed by atoms with van der Waals surface area (Å²) >= 11 is 5.83. The molecule has 0 saturated carbocycles. The van der Waals surface area contributed by atoms with Crippen LogP contribution in [0.1, 0.15) is 17.3 Å². The van der Waals surface area contributed by atoms with Crippen LogP contribution in [0.5, 0.6) is 17.2 Å². The number of ketones is 1. The van der Waals surface area contributed by atoms with Crippen molar-refractivity contribution in [2.24, 2.45) is 0 Å². The first-order valence-electron chi connectivity index (χ1n) is 5.32. The molecule has 1 aromatic rings. The molecule has 1 N–H and O–H groups in total. The number of ether oxygens (including phenoxy) is 3. The van der Waals surface area contributed by atoms with E-state index in [0.29, 0.717) is 0 Å². The lowest BCUT2D eigenvalue weighted by atomic mass is 10.1. The molecule has 0 aliphatic rings. The molecule has 104 valence electrons. The van der Waals surface area contributed by atoms with E-state index in [-0.39, 0.29) is 28.7 Å². The predicted octanol–water partition coefficient (Wildman–Crippen LogP) is 1.81. The summed E-state index contributed by atoms with van der Waals surface area (Å²) in [5, 5.41) is 9.33. The second kappa shape index (κ2) is 6.29. The van der Waals surface area contributed by atoms with E-state index < -0.39 is 17.5 Å². The van der Waals surface area contributed by atoms with Crippen molar-refractivity contribution in [3.8, 4) is 17.2 Å². The number of rotatable bonds is 5. The van der Waals surface area contributed by atoms with Gasteiger partial charge >= 0.3 is 5.97 Å². The average molecular weight is 289 g/mol. The molecule has 7 heteroatoms. The molecule has 19 heavy (non-hydrogen) atoms. The zero-order valence-corrected chi connectivity index (χ0v) is 11.4. The highest BCUT2D eigenvalue weighted by molar-refractivity contribution is 6.46. The number of aromatic hydroxyl groups is 1. The van der Waals surface area contributed by atoms with E-state index in [1.165, 1.54) is 20.3 Å². The van der Waals surface area contributed by atoms with Crippen LogP contribution < -0.4 is 9.47 Å². The number of hydrogen-bond acceptors (Lipinski definition) is 6. The van der Waals surface area contributed by atoms with Gasteiger partial charge in [0.2, 0.25) is 0 Å². The molecule has 0 spiro atoms. The fourth-order valence-electron chi connectivity index (χ4n) is 1.46. The monoisotopic (exact) mass is 288 g/mol. The molecule has 0 aromatic heterocycles. The van der Waals surface area contributed by atoms with Gasteiger partial charge in [0.05, 0.1) is 31.4 Å². The van der Waals surface area contributed by atoms with Gasteiger partial charge in [0.25, 0.3) is 5.78 Å². The Balaban J connectivity index is 3.43. The number of phenolic OH excluding ortho intramolecular Hbond substituents is 1. The van der Waals surface area contributed by atoms with Gasteiger partial charge in [0.15, 0.2) is 11.5 Å². The zero-order valence-electron chi connectivity index (χ0n) is 10.7. The van der Waals surface area contributed by atoms with Crippen molar-refractivity contribution in [2.75, 3.05) is 20.8 Å². The Morgan fingerprint density at radius 1 is 1.32 bits per heavy atom. The van der Waals surface area contributed by atoms with Crippen LogP contribution in [0.3, 0.4) is 0 Å². The van der Waals surface area contributed by atoms with Gasteiger partial charge in [-0.15, -0.1) is 0 Å². The van der Waals surface area contributed by atoms with Crippen LogP contribution in [-0.2, 0) is 9.53 Å². The quantitative estimate of drug-likeness (QED) is 0.505. The van der Waals surface area contributed by atoms with Crippen molar-refractivity contribution in [1.29, 1.82) is 0 Å². The van der Waals surface area contributed by atoms with Crippen LogP contribution in [-0.4, -0.2) is 37.7 Å². The van der Waals surface area contributed by atoms with E-state index in [1.807, 2.05) is 0 Å². The number of benzene rings is 1. The Bertz CT molecular complexity index is 511. The minimum Gasteiger partial charge on any atom is -0.506 e. The molecular weight excluding hydrogens is 276 g/mol. The van der Waals surface area contributed by atoms with Gasteiger partial charge in [-0.2, -0.15) is 0 Å². The molecule has 0 saturated heterocycles. The van der Waals surface area contributed by atoms with E-state index >= 15 is 0 Å². The normalized spacial score (nSPS) is 9.89. The van der Waals surface area contributed by atoms with Gasteiger partial charge < -0.3 is 19.3 Å². The predicted molar refractivity (Wildman–Crippen MR) is 67.2 cm³/mol. The molecule has 0 amide bonds. The molecule has 0 unspecified atom stereocenters. The first kappa shape index (κ1) is 15.1. The van der Waals surface area contributed by atoms with Gasteiger partial charge in [-0.25, -0.2) is 4.79 Å². The SMILES string of the molecule is CCOC(=O)C(=O)c1c(Cl)c(O)cc(OC)c1OC. The van der Waals surface area contributed by atoms with Crippen LogP contribution in [0.4, 0.5) is 0 Å². The highest BCUT2D eigenvalue weighted by Crippen LogP contribution is 2.42. The Kier molecular flexibility index (Phi) is 5.00. The topological polar surface area (TPSA) is 82.1 Å². The summed E-state index contributed by atoms with van der Waals surface area (Å²) in [5.41, 5.74) is -0.292. The lowest BCUT2D eigenvalue weighted by molar-refractivity contribution is -0.137. The van der Waals surface area contributed by atoms with Crippen molar-refractivity contribution in [3.63, 3.8) is 0 Å². The molecule has 0 aliphatic heterocycles. The summed E-state index contributed by atoms with van der Waals surface area (Å²) < 4.78 is 14.6. The summed E-state index contributed by atoms with van der Waals surface area (Å²) in [6.07, 6.45) is 0. The third kappa shape index (κ3) is 2.90. The number of hydrogen-bond donors (Lipinski definition) is 1. The molecule has 0 fully saturated rings. The van der Waals surface area contributed by atoms with Gasteiger partial charge in [-0.1, -0.05) is 11.6 Å². The largest absolute Gasteiger partial charge is 0.506 e. The van der Waals surface area contributed by atoms with Gasteiger partial charge in [-0.05, 0) is 6.92 Å². The van der Waals surface area contributed by atoms with E-state index in [2.05, 4.69) is 4.74 Å². The summed E-state index contributed by atoms with van der Waals surface area (Å²) in [4.78, 5) is 23.4. The number of Topliss-reactive ketones (excluding diaryl/α,β-unsaturated/α-hetero) is 1. The lowest BCUT2D eigenvalue weighted by Crippen LogP contribution is -2.19. The van der Waals surface area contributed by atoms with Crippen LogP contribution >= 0.6 is 11.6 Å². The lowest BCUT2D eigenvalue weighted by Gasteiger charge is -2.14. The summed E-state index contributed by atoms with van der Waals surface area (Å²) in [6, 6.07) is 1.18. The van der Waals surface area contributed by atoms with Crippen molar-refractivity contribution in [1.82, 2.24) is 0 Å². The highest BCUT2D eigenvalue weighted by Gasteiger charge is 2.29. The van der Waals surface area contributed by atoms with E-state index in [4.69, 9.17) is 21.1 Å². The second-order valence-corrected chi connectivity index (χ2v) is 3.75. The fourth-order valence-corrected chi connectivity index (χ4v) is 1.69. The number of methoxy groups -OCH3 is 2. The van der Waals surface area contributed by atoms with Gasteiger partial charge in [0.1, 0.15) is 5.75 Å². The smallest absolute Gasteiger partial charge is 0.379 e. The standard InChI is InChI=1S/C12H13ClO6/c1-4-19-12(16)10(15)8-9(13)6(14)5-7(17-2)11(8)18-3/h5,14H,4H2,1-3H3. The Morgan fingerprint density at radius 3 is 2.42 bits per heavy atom. The molecule has 1 aromatic carbocycles. The third-order valence-electron chi connectivity index (χ3n) is 2.27. The van der Waals surface area contributed by atoms with E-state index in [1.54, 1.807) is 6.92 Å². The minimum absolute atomic E-state index is 0.0386. The summed E-state index contributed by atoms with van der Waals surface area (Å²) in [5.74, 6) is -2.46. The van der Waals surface area contributed by atoms with Crippen LogP contribution in [0.15, 0.2) is 6.07 Å². The maximum absolute atomic E-state index is 11.9. The molecule has 0 aliphatic carbocycles. The van der Waals surface area contributed by atoms with Crippen molar-refractivity contribution in [2.45, 2.75) is 6.92 Å². The highest BCUT2D eigenvalue weighted by atomic mass is 35.5. The van der Waals surface area contributed by atoms with Crippen LogP contribution in [0, 0.1) is 0 Å². The fraction of sp³-hybridized carbons (Fsp3) is 0.333. The molecule has 6 nitrogen and oxygen atoms in total. The number of esters is 1. The number of phenols is 1. The van der Waals surface area contributed by atoms with E-state index in [0.717, 1.165) is 0 Å². The van der Waals surface area contributed by atoms with E-state index in [9.17, 15) is 14.7 Å². The first-order chi connectivity index (χ1) is 8.97. The van der Waals surface area contributed by atoms with Gasteiger partial charge in [-0.3, -0.25) is 4.79 Å². The van der Waals surface area contributed by atoms with Crippen molar-refractivity contribution >= 4 is 23.4 Å². The summed E-state index contributed by atoms with van der Waals surface area (Å²) in [7, 11) is 2.61.